The molecule has 0 radical (unpaired) electrons. The van der Waals surface area contributed by atoms with Crippen LogP contribution in [0.1, 0.15) is 16.7 Å². The number of fused-ring (bicyclic) bond motifs is 1. The number of methoxy groups -OCH3 is 1. The first-order chi connectivity index (χ1) is 22.3. The Kier molecular flexibility index (Phi) is 7.88. The summed E-state index contributed by atoms with van der Waals surface area (Å²) in [7, 11) is -0.0929. The number of ether oxygens (including phenoxy) is 2. The van der Waals surface area contributed by atoms with Gasteiger partial charge in [0.2, 0.25) is 0 Å². The van der Waals surface area contributed by atoms with E-state index in [1.165, 1.54) is 72.0 Å². The van der Waals surface area contributed by atoms with Crippen molar-refractivity contribution in [3.63, 3.8) is 0 Å². The summed E-state index contributed by atoms with van der Waals surface area (Å²) in [6.45, 7) is 5.63. The van der Waals surface area contributed by atoms with E-state index in [0.717, 1.165) is 20.7 Å². The molecule has 0 aliphatic rings. The molecule has 0 spiro atoms. The number of para-hydroxylation sites is 1. The molecule has 6 rings (SSSR count). The number of rotatable bonds is 7. The molecule has 9 nitrogen and oxygen atoms in total. The second-order valence-electron chi connectivity index (χ2n) is 11.5. The minimum Gasteiger partial charge on any atom is -0.494 e. The van der Waals surface area contributed by atoms with Gasteiger partial charge in [0.15, 0.2) is 17.3 Å². The Balaban J connectivity index is 1.75. The molecule has 0 aliphatic carbocycles. The van der Waals surface area contributed by atoms with Crippen LogP contribution >= 0.6 is 0 Å². The Morgan fingerprint density at radius 2 is 1.40 bits per heavy atom. The third kappa shape index (κ3) is 5.32. The first-order valence-corrected chi connectivity index (χ1v) is 16.1. The lowest BCUT2D eigenvalue weighted by Crippen LogP contribution is -2.23. The maximum absolute atomic E-state index is 15.9. The summed E-state index contributed by atoms with van der Waals surface area (Å²) < 4.78 is 60.0. The molecule has 240 valence electrons. The summed E-state index contributed by atoms with van der Waals surface area (Å²) in [6, 6.07) is 19.1. The molecule has 3 aromatic heterocycles. The Labute approximate surface area is 270 Å². The van der Waals surface area contributed by atoms with E-state index in [4.69, 9.17) is 9.47 Å². The van der Waals surface area contributed by atoms with Gasteiger partial charge in [-0.1, -0.05) is 42.0 Å². The van der Waals surface area contributed by atoms with E-state index in [1.54, 1.807) is 25.4 Å². The van der Waals surface area contributed by atoms with Crippen LogP contribution in [0.2, 0.25) is 0 Å². The molecule has 11 heteroatoms. The summed E-state index contributed by atoms with van der Waals surface area (Å²) in [6.07, 6.45) is 3.06. The van der Waals surface area contributed by atoms with E-state index in [2.05, 4.69) is 0 Å². The van der Waals surface area contributed by atoms with Gasteiger partial charge in [0, 0.05) is 48.4 Å². The number of aromatic nitrogens is 3. The topological polar surface area (TPSA) is 102 Å². The predicted octanol–water partition coefficient (Wildman–Crippen LogP) is 6.47. The lowest BCUT2D eigenvalue weighted by Gasteiger charge is -2.17. The fraction of sp³-hybridized carbons (Fsp3) is 0.167. The second-order valence-corrected chi connectivity index (χ2v) is 13.3. The van der Waals surface area contributed by atoms with Gasteiger partial charge in [0.05, 0.1) is 23.9 Å². The van der Waals surface area contributed by atoms with Gasteiger partial charge in [-0.15, -0.1) is 0 Å². The number of hydrogen-bond donors (Lipinski definition) is 0. The normalized spacial score (nSPS) is 11.6. The third-order valence-corrected chi connectivity index (χ3v) is 9.94. The summed E-state index contributed by atoms with van der Waals surface area (Å²) >= 11 is 0. The molecule has 3 aromatic carbocycles. The molecule has 6 aromatic rings. The van der Waals surface area contributed by atoms with Gasteiger partial charge < -0.3 is 18.6 Å². The van der Waals surface area contributed by atoms with Crippen LogP contribution in [-0.4, -0.2) is 28.6 Å². The van der Waals surface area contributed by atoms with Crippen molar-refractivity contribution in [1.29, 1.82) is 0 Å². The van der Waals surface area contributed by atoms with E-state index in [-0.39, 0.29) is 38.4 Å². The molecule has 0 N–H and O–H groups in total. The molecule has 0 bridgehead atoms. The van der Waals surface area contributed by atoms with Crippen LogP contribution in [-0.2, 0) is 24.1 Å². The molecule has 0 atom stereocenters. The Hall–Kier alpha value is -5.42. The van der Waals surface area contributed by atoms with Crippen LogP contribution in [0.5, 0.6) is 17.2 Å². The average Bonchev–Trinajstić information content (AvgIpc) is 3.44. The van der Waals surface area contributed by atoms with E-state index in [1.807, 2.05) is 39.0 Å². The molecule has 0 saturated heterocycles. The van der Waals surface area contributed by atoms with Gasteiger partial charge in [-0.3, -0.25) is 9.59 Å². The minimum absolute atomic E-state index is 0.0924. The van der Waals surface area contributed by atoms with Gasteiger partial charge >= 0.3 is 0 Å². The van der Waals surface area contributed by atoms with Crippen molar-refractivity contribution in [2.24, 2.45) is 14.1 Å². The Bertz CT molecular complexity index is 2420. The van der Waals surface area contributed by atoms with Crippen LogP contribution in [0.3, 0.4) is 0 Å². The Morgan fingerprint density at radius 3 is 2.06 bits per heavy atom. The highest BCUT2D eigenvalue weighted by Gasteiger charge is 2.30. The maximum Gasteiger partial charge on any atom is 0.275 e. The molecule has 0 unspecified atom stereocenters. The van der Waals surface area contributed by atoms with Gasteiger partial charge in [-0.25, -0.2) is 16.8 Å². The van der Waals surface area contributed by atoms with Gasteiger partial charge in [-0.05, 0) is 62.2 Å². The molecule has 0 saturated carbocycles. The number of nitrogens with zero attached hydrogens (tertiary/aromatic N) is 3. The molecule has 0 aliphatic heterocycles. The van der Waals surface area contributed by atoms with Crippen molar-refractivity contribution < 1.29 is 22.3 Å². The summed E-state index contributed by atoms with van der Waals surface area (Å²) in [4.78, 5) is 27.0. The highest BCUT2D eigenvalue weighted by molar-refractivity contribution is 7.90. The lowest BCUT2D eigenvalue weighted by atomic mass is 10.0. The minimum atomic E-state index is -4.48. The molecular formula is C36H32FN3O6S. The highest BCUT2D eigenvalue weighted by Crippen LogP contribution is 2.41. The predicted molar refractivity (Wildman–Crippen MR) is 180 cm³/mol. The van der Waals surface area contributed by atoms with Crippen LogP contribution in [0.4, 0.5) is 4.39 Å². The van der Waals surface area contributed by atoms with Crippen molar-refractivity contribution in [3.05, 3.63) is 128 Å². The van der Waals surface area contributed by atoms with E-state index in [9.17, 15) is 18.0 Å². The zero-order valence-corrected chi connectivity index (χ0v) is 27.5. The molecule has 3 heterocycles. The van der Waals surface area contributed by atoms with Crippen molar-refractivity contribution in [2.45, 2.75) is 25.7 Å². The lowest BCUT2D eigenvalue weighted by molar-refractivity contribution is 0.387. The SMILES string of the molecule is COc1cccc(-c2cc3c(-c4cc(=O)n(C)cc4Oc4c(C)cccc4C)cn(C)c(=O)c3n2S(=O)(=O)c2ccc(C)cc2)c1F. The Morgan fingerprint density at radius 1 is 0.745 bits per heavy atom. The van der Waals surface area contributed by atoms with Gasteiger partial charge in [0.25, 0.3) is 21.1 Å². The van der Waals surface area contributed by atoms with Crippen LogP contribution in [0, 0.1) is 26.6 Å². The smallest absolute Gasteiger partial charge is 0.275 e. The first kappa shape index (κ1) is 31.6. The average molecular weight is 654 g/mol. The van der Waals surface area contributed by atoms with Crippen molar-refractivity contribution >= 4 is 20.9 Å². The monoisotopic (exact) mass is 653 g/mol. The zero-order chi connectivity index (χ0) is 33.8. The number of halogens is 1. The zero-order valence-electron chi connectivity index (χ0n) is 26.7. The second kappa shape index (κ2) is 11.7. The van der Waals surface area contributed by atoms with Gasteiger partial charge in [0.1, 0.15) is 11.3 Å². The molecular weight excluding hydrogens is 621 g/mol. The van der Waals surface area contributed by atoms with Crippen molar-refractivity contribution in [1.82, 2.24) is 13.1 Å². The third-order valence-electron chi connectivity index (χ3n) is 8.22. The summed E-state index contributed by atoms with van der Waals surface area (Å²) in [5, 5.41) is 0.181. The number of aryl methyl sites for hydroxylation is 5. The molecule has 47 heavy (non-hydrogen) atoms. The fourth-order valence-corrected chi connectivity index (χ4v) is 7.21. The van der Waals surface area contributed by atoms with Crippen LogP contribution < -0.4 is 20.6 Å². The number of benzene rings is 3. The highest BCUT2D eigenvalue weighted by atomic mass is 32.2. The standard InChI is InChI=1S/C36H32FN3O6S/c1-21-13-15-24(16-14-21)47(43,44)40-29(25-11-8-12-30(45-6)33(25)37)17-27-28(19-39(5)36(42)34(27)40)26-18-32(41)38(4)20-31(26)46-35-22(2)9-7-10-23(35)3/h7-20H,1-6H3. The summed E-state index contributed by atoms with van der Waals surface area (Å²) in [5.74, 6) is -0.0139. The van der Waals surface area contributed by atoms with E-state index >= 15 is 4.39 Å². The number of pyridine rings is 2. The van der Waals surface area contributed by atoms with Crippen LogP contribution in [0.25, 0.3) is 33.3 Å². The largest absolute Gasteiger partial charge is 0.494 e. The van der Waals surface area contributed by atoms with Crippen molar-refractivity contribution in [2.75, 3.05) is 7.11 Å². The maximum atomic E-state index is 15.9. The quantitative estimate of drug-likeness (QED) is 0.196. The first-order valence-electron chi connectivity index (χ1n) is 14.7. The van der Waals surface area contributed by atoms with Crippen LogP contribution in [0.15, 0.2) is 99.7 Å². The van der Waals surface area contributed by atoms with Crippen molar-refractivity contribution in [3.8, 4) is 39.6 Å². The number of hydrogen-bond acceptors (Lipinski definition) is 6. The van der Waals surface area contributed by atoms with E-state index < -0.39 is 21.4 Å². The van der Waals surface area contributed by atoms with E-state index in [0.29, 0.717) is 22.6 Å². The molecule has 0 fully saturated rings. The van der Waals surface area contributed by atoms with Gasteiger partial charge in [-0.2, -0.15) is 0 Å². The summed E-state index contributed by atoms with van der Waals surface area (Å²) in [5.41, 5.74) is 1.80. The molecule has 0 amide bonds. The fourth-order valence-electron chi connectivity index (χ4n) is 5.69.